The van der Waals surface area contributed by atoms with Gasteiger partial charge in [0.15, 0.2) is 0 Å². The van der Waals surface area contributed by atoms with Crippen molar-refractivity contribution in [3.63, 3.8) is 0 Å². The third kappa shape index (κ3) is 11.3. The van der Waals surface area contributed by atoms with Crippen LogP contribution in [0.1, 0.15) is 129 Å². The molecule has 1 unspecified atom stereocenters. The molecule has 0 aliphatic heterocycles. The maximum Gasteiger partial charge on any atom is 0.0384 e. The van der Waals surface area contributed by atoms with Gasteiger partial charge < -0.3 is 5.32 Å². The first-order valence-electron chi connectivity index (χ1n) is 14.1. The lowest BCUT2D eigenvalue weighted by Gasteiger charge is -2.31. The van der Waals surface area contributed by atoms with Crippen molar-refractivity contribution in [3.8, 4) is 0 Å². The maximum absolute atomic E-state index is 3.54. The van der Waals surface area contributed by atoms with Gasteiger partial charge in [-0.15, -0.1) is 0 Å². The summed E-state index contributed by atoms with van der Waals surface area (Å²) in [6.45, 7) is 7.13. The highest BCUT2D eigenvalue weighted by Crippen LogP contribution is 2.36. The Kier molecular flexibility index (Phi) is 14.0. The molecule has 33 heavy (non-hydrogen) atoms. The molecule has 0 bridgehead atoms. The van der Waals surface area contributed by atoms with Gasteiger partial charge in [0.25, 0.3) is 0 Å². The summed E-state index contributed by atoms with van der Waals surface area (Å²) in [6, 6.07) is 19.8. The first-order valence-corrected chi connectivity index (χ1v) is 14.1. The van der Waals surface area contributed by atoms with Crippen molar-refractivity contribution in [3.05, 3.63) is 60.2 Å². The summed E-state index contributed by atoms with van der Waals surface area (Å²) >= 11 is 0. The van der Waals surface area contributed by atoms with Gasteiger partial charge in [0.2, 0.25) is 0 Å². The number of anilines is 2. The van der Waals surface area contributed by atoms with E-state index >= 15 is 0 Å². The second-order valence-electron chi connectivity index (χ2n) is 10.4. The zero-order chi connectivity index (χ0) is 23.6. The fourth-order valence-corrected chi connectivity index (χ4v) is 5.00. The van der Waals surface area contributed by atoms with Crippen LogP contribution >= 0.6 is 0 Å². The van der Waals surface area contributed by atoms with Crippen LogP contribution in [0.4, 0.5) is 11.4 Å². The molecule has 0 aliphatic carbocycles. The Morgan fingerprint density at radius 3 is 1.42 bits per heavy atom. The summed E-state index contributed by atoms with van der Waals surface area (Å²) in [5, 5.41) is 3.54. The number of unbranched alkanes of at least 4 members (excludes halogenated alkanes) is 12. The highest BCUT2D eigenvalue weighted by molar-refractivity contribution is 5.59. The molecule has 1 nitrogen and oxygen atoms in total. The van der Waals surface area contributed by atoms with Gasteiger partial charge in [0.05, 0.1) is 0 Å². The van der Waals surface area contributed by atoms with Gasteiger partial charge in [0, 0.05) is 11.4 Å². The topological polar surface area (TPSA) is 12.0 Å². The van der Waals surface area contributed by atoms with Crippen LogP contribution in [0.3, 0.4) is 0 Å². The first-order chi connectivity index (χ1) is 16.2. The highest BCUT2D eigenvalue weighted by atomic mass is 14.9. The van der Waals surface area contributed by atoms with E-state index in [-0.39, 0.29) is 0 Å². The van der Waals surface area contributed by atoms with Crippen LogP contribution in [-0.2, 0) is 5.41 Å². The average Bonchev–Trinajstić information content (AvgIpc) is 2.84. The summed E-state index contributed by atoms with van der Waals surface area (Å²) in [6.07, 6.45) is 22.1. The van der Waals surface area contributed by atoms with Crippen LogP contribution in [0.15, 0.2) is 54.6 Å². The van der Waals surface area contributed by atoms with Crippen LogP contribution in [-0.4, -0.2) is 0 Å². The lowest BCUT2D eigenvalue weighted by Crippen LogP contribution is -2.22. The molecule has 0 heterocycles. The van der Waals surface area contributed by atoms with E-state index in [0.29, 0.717) is 5.41 Å². The molecular formula is C32H51N. The molecule has 0 spiro atoms. The lowest BCUT2D eigenvalue weighted by molar-refractivity contribution is 0.362. The van der Waals surface area contributed by atoms with E-state index in [1.807, 2.05) is 0 Å². The number of para-hydroxylation sites is 1. The minimum atomic E-state index is 0.304. The smallest absolute Gasteiger partial charge is 0.0384 e. The van der Waals surface area contributed by atoms with Gasteiger partial charge in [-0.3, -0.25) is 0 Å². The third-order valence-corrected chi connectivity index (χ3v) is 7.31. The van der Waals surface area contributed by atoms with Gasteiger partial charge in [-0.25, -0.2) is 0 Å². The van der Waals surface area contributed by atoms with Crippen molar-refractivity contribution in [1.29, 1.82) is 0 Å². The van der Waals surface area contributed by atoms with Crippen molar-refractivity contribution in [2.45, 2.75) is 129 Å². The van der Waals surface area contributed by atoms with Crippen LogP contribution in [0.2, 0.25) is 0 Å². The molecule has 0 saturated heterocycles. The quantitative estimate of drug-likeness (QED) is 0.210. The second-order valence-corrected chi connectivity index (χ2v) is 10.4. The lowest BCUT2D eigenvalue weighted by atomic mass is 9.74. The molecule has 0 aliphatic rings. The number of rotatable bonds is 19. The molecule has 0 saturated carbocycles. The van der Waals surface area contributed by atoms with Crippen molar-refractivity contribution in [2.24, 2.45) is 0 Å². The van der Waals surface area contributed by atoms with Crippen LogP contribution in [0.5, 0.6) is 0 Å². The van der Waals surface area contributed by atoms with Gasteiger partial charge in [0.1, 0.15) is 0 Å². The van der Waals surface area contributed by atoms with Gasteiger partial charge in [-0.2, -0.15) is 0 Å². The second kappa shape index (κ2) is 16.8. The molecule has 0 fully saturated rings. The summed E-state index contributed by atoms with van der Waals surface area (Å²) in [5.74, 6) is 0. The maximum atomic E-state index is 3.54. The van der Waals surface area contributed by atoms with Gasteiger partial charge >= 0.3 is 0 Å². The van der Waals surface area contributed by atoms with Crippen molar-refractivity contribution in [1.82, 2.24) is 0 Å². The van der Waals surface area contributed by atoms with Crippen molar-refractivity contribution in [2.75, 3.05) is 5.32 Å². The van der Waals surface area contributed by atoms with Crippen LogP contribution < -0.4 is 5.32 Å². The van der Waals surface area contributed by atoms with E-state index in [1.54, 1.807) is 0 Å². The predicted molar refractivity (Wildman–Crippen MR) is 149 cm³/mol. The normalized spacial score (nSPS) is 13.1. The number of hydrogen-bond donors (Lipinski definition) is 1. The zero-order valence-corrected chi connectivity index (χ0v) is 22.0. The zero-order valence-electron chi connectivity index (χ0n) is 22.0. The Labute approximate surface area is 205 Å². The van der Waals surface area contributed by atoms with Crippen molar-refractivity contribution < 1.29 is 0 Å². The van der Waals surface area contributed by atoms with Crippen molar-refractivity contribution >= 4 is 11.4 Å². The van der Waals surface area contributed by atoms with Gasteiger partial charge in [-0.1, -0.05) is 141 Å². The molecule has 0 radical (unpaired) electrons. The first kappa shape index (κ1) is 27.5. The Morgan fingerprint density at radius 1 is 0.515 bits per heavy atom. The Morgan fingerprint density at radius 2 is 0.939 bits per heavy atom. The monoisotopic (exact) mass is 449 g/mol. The third-order valence-electron chi connectivity index (χ3n) is 7.31. The Bertz CT molecular complexity index is 705. The summed E-state index contributed by atoms with van der Waals surface area (Å²) in [7, 11) is 0. The number of hydrogen-bond acceptors (Lipinski definition) is 1. The SMILES string of the molecule is CCCCCCCCCCC(C)(CCCCCCCC)c1ccc(Nc2ccccc2)cc1. The molecule has 0 aromatic heterocycles. The van der Waals surface area contributed by atoms with E-state index in [2.05, 4.69) is 80.7 Å². The molecule has 2 aromatic rings. The summed E-state index contributed by atoms with van der Waals surface area (Å²) in [4.78, 5) is 0. The van der Waals surface area contributed by atoms with Crippen LogP contribution in [0, 0.1) is 0 Å². The van der Waals surface area contributed by atoms with Crippen LogP contribution in [0.25, 0.3) is 0 Å². The van der Waals surface area contributed by atoms with E-state index in [9.17, 15) is 0 Å². The molecule has 1 heteroatoms. The molecule has 1 N–H and O–H groups in total. The number of benzene rings is 2. The number of nitrogens with one attached hydrogen (secondary N) is 1. The molecular weight excluding hydrogens is 398 g/mol. The minimum Gasteiger partial charge on any atom is -0.356 e. The Balaban J connectivity index is 1.89. The van der Waals surface area contributed by atoms with Gasteiger partial charge in [-0.05, 0) is 48.1 Å². The molecule has 1 atom stereocenters. The summed E-state index contributed by atoms with van der Waals surface area (Å²) < 4.78 is 0. The minimum absolute atomic E-state index is 0.304. The fraction of sp³-hybridized carbons (Fsp3) is 0.625. The highest BCUT2D eigenvalue weighted by Gasteiger charge is 2.25. The predicted octanol–water partition coefficient (Wildman–Crippen LogP) is 11.0. The van der Waals surface area contributed by atoms with E-state index in [1.165, 1.54) is 114 Å². The molecule has 2 rings (SSSR count). The van der Waals surface area contributed by atoms with E-state index in [0.717, 1.165) is 5.69 Å². The largest absolute Gasteiger partial charge is 0.356 e. The summed E-state index contributed by atoms with van der Waals surface area (Å²) in [5.41, 5.74) is 4.16. The molecule has 2 aromatic carbocycles. The molecule has 0 amide bonds. The van der Waals surface area contributed by atoms with E-state index < -0.39 is 0 Å². The van der Waals surface area contributed by atoms with E-state index in [4.69, 9.17) is 0 Å². The standard InChI is InChI=1S/C32H51N/c1-4-6-8-10-12-13-15-20-28-32(3,27-19-14-11-9-7-5-2)29-23-25-31(26-24-29)33-30-21-17-16-18-22-30/h16-18,21-26,33H,4-15,19-20,27-28H2,1-3H3. The average molecular weight is 450 g/mol. The Hall–Kier alpha value is -1.76. The fourth-order valence-electron chi connectivity index (χ4n) is 5.00. The molecule has 184 valence electrons.